The van der Waals surface area contributed by atoms with Gasteiger partial charge in [0.1, 0.15) is 12.0 Å². The molecular weight excluding hydrogens is 495 g/mol. The van der Waals surface area contributed by atoms with Crippen LogP contribution in [0, 0.1) is 17.2 Å². The number of amides is 1. The van der Waals surface area contributed by atoms with Crippen molar-refractivity contribution in [2.24, 2.45) is 11.3 Å². The van der Waals surface area contributed by atoms with Crippen LogP contribution >= 0.6 is 0 Å². The van der Waals surface area contributed by atoms with Crippen molar-refractivity contribution in [2.75, 3.05) is 44.2 Å². The summed E-state index contributed by atoms with van der Waals surface area (Å²) in [6, 6.07) is 12.4. The SMILES string of the molecule is O=C(c1cnc2ccc(F)cc2c1N1CCC2(CC1)Cc1ccccc1C2=O)N1CCN(C(O)C2CC2)CC1. The summed E-state index contributed by atoms with van der Waals surface area (Å²) < 4.78 is 14.5. The van der Waals surface area contributed by atoms with Gasteiger partial charge in [0.2, 0.25) is 0 Å². The number of piperazine rings is 1. The number of hydrogen-bond donors (Lipinski definition) is 1. The molecule has 0 radical (unpaired) electrons. The summed E-state index contributed by atoms with van der Waals surface area (Å²) in [6.07, 6.45) is 5.47. The van der Waals surface area contributed by atoms with E-state index < -0.39 is 11.6 Å². The van der Waals surface area contributed by atoms with Gasteiger partial charge in [-0.3, -0.25) is 19.5 Å². The summed E-state index contributed by atoms with van der Waals surface area (Å²) in [5, 5.41) is 11.1. The van der Waals surface area contributed by atoms with Crippen LogP contribution in [0.2, 0.25) is 0 Å². The third-order valence-electron chi connectivity index (χ3n) is 9.36. The minimum atomic E-state index is -0.423. The Balaban J connectivity index is 1.16. The van der Waals surface area contributed by atoms with Crippen molar-refractivity contribution in [2.45, 2.75) is 38.3 Å². The predicted octanol–water partition coefficient (Wildman–Crippen LogP) is 3.89. The average Bonchev–Trinajstić information content (AvgIpc) is 3.78. The Bertz CT molecular complexity index is 1460. The molecule has 3 aromatic rings. The smallest absolute Gasteiger partial charge is 0.257 e. The number of anilines is 1. The number of carbonyl (C=O) groups excluding carboxylic acids is 2. The molecule has 1 atom stereocenters. The first-order valence-electron chi connectivity index (χ1n) is 14.1. The number of Topliss-reactive ketones (excluding diaryl/α,β-unsaturated/α-hetero) is 1. The van der Waals surface area contributed by atoms with Crippen LogP contribution in [-0.4, -0.2) is 77.1 Å². The minimum Gasteiger partial charge on any atom is -0.378 e. The number of aliphatic hydroxyl groups is 1. The Morgan fingerprint density at radius 2 is 1.77 bits per heavy atom. The van der Waals surface area contributed by atoms with E-state index in [2.05, 4.69) is 14.8 Å². The Kier molecular flexibility index (Phi) is 5.93. The van der Waals surface area contributed by atoms with Crippen LogP contribution in [0.4, 0.5) is 10.1 Å². The summed E-state index contributed by atoms with van der Waals surface area (Å²) >= 11 is 0. The van der Waals surface area contributed by atoms with E-state index in [0.29, 0.717) is 80.2 Å². The number of hydrogen-bond acceptors (Lipinski definition) is 6. The van der Waals surface area contributed by atoms with Gasteiger partial charge in [-0.1, -0.05) is 24.3 Å². The largest absolute Gasteiger partial charge is 0.378 e. The van der Waals surface area contributed by atoms with E-state index in [9.17, 15) is 19.1 Å². The van der Waals surface area contributed by atoms with Gasteiger partial charge in [0.25, 0.3) is 5.91 Å². The number of aromatic nitrogens is 1. The van der Waals surface area contributed by atoms with Crippen LogP contribution in [0.3, 0.4) is 0 Å². The molecule has 8 heteroatoms. The molecule has 1 spiro atoms. The number of ketones is 1. The zero-order chi connectivity index (χ0) is 26.7. The van der Waals surface area contributed by atoms with Gasteiger partial charge in [-0.2, -0.15) is 0 Å². The third kappa shape index (κ3) is 4.21. The summed E-state index contributed by atoms with van der Waals surface area (Å²) in [7, 11) is 0. The zero-order valence-corrected chi connectivity index (χ0v) is 22.0. The van der Waals surface area contributed by atoms with E-state index >= 15 is 0 Å². The molecule has 39 heavy (non-hydrogen) atoms. The summed E-state index contributed by atoms with van der Waals surface area (Å²) in [5.41, 5.74) is 3.38. The van der Waals surface area contributed by atoms with E-state index in [4.69, 9.17) is 0 Å². The quantitative estimate of drug-likeness (QED) is 0.554. The fourth-order valence-electron chi connectivity index (χ4n) is 6.89. The number of benzene rings is 2. The van der Waals surface area contributed by atoms with E-state index in [1.54, 1.807) is 12.3 Å². The number of carbonyl (C=O) groups is 2. The summed E-state index contributed by atoms with van der Waals surface area (Å²) in [4.78, 5) is 37.9. The van der Waals surface area contributed by atoms with Crippen molar-refractivity contribution in [3.63, 3.8) is 0 Å². The van der Waals surface area contributed by atoms with Gasteiger partial charge in [-0.05, 0) is 61.8 Å². The topological polar surface area (TPSA) is 77.0 Å². The van der Waals surface area contributed by atoms with Crippen molar-refractivity contribution in [1.29, 1.82) is 0 Å². The Morgan fingerprint density at radius 3 is 2.49 bits per heavy atom. The van der Waals surface area contributed by atoms with E-state index in [1.165, 1.54) is 12.1 Å². The number of pyridine rings is 1. The van der Waals surface area contributed by atoms with Gasteiger partial charge in [0.15, 0.2) is 5.78 Å². The van der Waals surface area contributed by atoms with Crippen molar-refractivity contribution in [1.82, 2.24) is 14.8 Å². The molecule has 7 nitrogen and oxygen atoms in total. The second-order valence-electron chi connectivity index (χ2n) is 11.7. The lowest BCUT2D eigenvalue weighted by atomic mass is 9.75. The molecule has 2 aliphatic heterocycles. The Hall–Kier alpha value is -3.36. The summed E-state index contributed by atoms with van der Waals surface area (Å²) in [6.45, 7) is 3.53. The molecule has 2 saturated heterocycles. The van der Waals surface area contributed by atoms with Crippen LogP contribution in [0.1, 0.15) is 52.0 Å². The number of fused-ring (bicyclic) bond motifs is 2. The Labute approximate surface area is 227 Å². The second-order valence-corrected chi connectivity index (χ2v) is 11.7. The fourth-order valence-corrected chi connectivity index (χ4v) is 6.89. The molecule has 1 N–H and O–H groups in total. The van der Waals surface area contributed by atoms with Crippen LogP contribution in [0.15, 0.2) is 48.7 Å². The zero-order valence-electron chi connectivity index (χ0n) is 22.0. The predicted molar refractivity (Wildman–Crippen MR) is 146 cm³/mol. The molecule has 3 heterocycles. The van der Waals surface area contributed by atoms with Crippen LogP contribution in [0.5, 0.6) is 0 Å². The van der Waals surface area contributed by atoms with Crippen molar-refractivity contribution < 1.29 is 19.1 Å². The maximum absolute atomic E-state index is 14.5. The van der Waals surface area contributed by atoms with Crippen molar-refractivity contribution >= 4 is 28.3 Å². The highest BCUT2D eigenvalue weighted by atomic mass is 19.1. The highest BCUT2D eigenvalue weighted by molar-refractivity contribution is 6.08. The van der Waals surface area contributed by atoms with E-state index in [1.807, 2.05) is 29.2 Å². The van der Waals surface area contributed by atoms with E-state index in [-0.39, 0.29) is 17.5 Å². The highest BCUT2D eigenvalue weighted by Gasteiger charge is 2.47. The van der Waals surface area contributed by atoms with Gasteiger partial charge in [0.05, 0.1) is 16.8 Å². The molecule has 2 aliphatic carbocycles. The van der Waals surface area contributed by atoms with Gasteiger partial charge in [-0.25, -0.2) is 4.39 Å². The first-order valence-corrected chi connectivity index (χ1v) is 14.1. The number of rotatable bonds is 4. The minimum absolute atomic E-state index is 0.117. The second kappa shape index (κ2) is 9.38. The summed E-state index contributed by atoms with van der Waals surface area (Å²) in [5.74, 6) is 0.105. The van der Waals surface area contributed by atoms with Gasteiger partial charge in [-0.15, -0.1) is 0 Å². The molecule has 1 unspecified atom stereocenters. The fraction of sp³-hybridized carbons (Fsp3) is 0.452. The Morgan fingerprint density at radius 1 is 1.03 bits per heavy atom. The van der Waals surface area contributed by atoms with Crippen molar-refractivity contribution in [3.8, 4) is 0 Å². The maximum atomic E-state index is 14.5. The molecule has 3 fully saturated rings. The number of aliphatic hydroxyl groups excluding tert-OH is 1. The van der Waals surface area contributed by atoms with Gasteiger partial charge < -0.3 is 14.9 Å². The van der Waals surface area contributed by atoms with E-state index in [0.717, 1.165) is 30.4 Å². The van der Waals surface area contributed by atoms with Crippen LogP contribution in [0.25, 0.3) is 10.9 Å². The van der Waals surface area contributed by atoms with Gasteiger partial charge >= 0.3 is 0 Å². The number of nitrogens with zero attached hydrogens (tertiary/aromatic N) is 4. The van der Waals surface area contributed by atoms with Crippen LogP contribution in [-0.2, 0) is 6.42 Å². The lowest BCUT2D eigenvalue weighted by molar-refractivity contribution is -0.0352. The lowest BCUT2D eigenvalue weighted by Gasteiger charge is -2.41. The normalized spacial score (nSPS) is 21.9. The van der Waals surface area contributed by atoms with Crippen molar-refractivity contribution in [3.05, 3.63) is 71.2 Å². The lowest BCUT2D eigenvalue weighted by Crippen LogP contribution is -2.52. The third-order valence-corrected chi connectivity index (χ3v) is 9.36. The first-order chi connectivity index (χ1) is 18.9. The molecule has 7 rings (SSSR count). The highest BCUT2D eigenvalue weighted by Crippen LogP contribution is 2.46. The number of piperidine rings is 1. The monoisotopic (exact) mass is 528 g/mol. The molecular formula is C31H33FN4O3. The number of halogens is 1. The standard InChI is InChI=1S/C31H33FN4O3/c32-22-7-8-26-24(17-22)27(34-11-9-31(10-12-34)18-21-3-1-2-4-23(21)28(31)37)25(19-33-26)30(39)36-15-13-35(14-16-36)29(38)20-5-6-20/h1-4,7-8,17,19-20,29,38H,5-6,9-16,18H2. The molecule has 2 aromatic carbocycles. The van der Waals surface area contributed by atoms with Gasteiger partial charge in [0, 0.05) is 61.8 Å². The molecule has 0 bridgehead atoms. The maximum Gasteiger partial charge on any atom is 0.257 e. The first kappa shape index (κ1) is 24.7. The molecule has 202 valence electrons. The molecule has 1 saturated carbocycles. The molecule has 1 aromatic heterocycles. The molecule has 4 aliphatic rings. The molecule has 1 amide bonds. The average molecular weight is 529 g/mol. The van der Waals surface area contributed by atoms with Crippen LogP contribution < -0.4 is 4.90 Å².